The first kappa shape index (κ1) is 10.2. The summed E-state index contributed by atoms with van der Waals surface area (Å²) in [5, 5.41) is 12.2. The molecule has 0 amide bonds. The van der Waals surface area contributed by atoms with Crippen LogP contribution >= 0.6 is 11.8 Å². The Labute approximate surface area is 69.6 Å². The van der Waals surface area contributed by atoms with E-state index >= 15 is 0 Å². The molecule has 0 aromatic rings. The molecule has 5 nitrogen and oxygen atoms in total. The van der Waals surface area contributed by atoms with E-state index in [1.165, 1.54) is 11.8 Å². The largest absolute Gasteiger partial charge is 0.308 e. The number of nitrogens with one attached hydrogen (secondary N) is 1. The van der Waals surface area contributed by atoms with Crippen LogP contribution in [0, 0.1) is 10.1 Å². The van der Waals surface area contributed by atoms with E-state index in [-0.39, 0.29) is 0 Å². The first-order chi connectivity index (χ1) is 5.06. The number of thioether (sulfide) groups is 1. The second kappa shape index (κ2) is 4.97. The van der Waals surface area contributed by atoms with Crippen molar-refractivity contribution < 1.29 is 4.92 Å². The molecule has 0 aromatic carbocycles. The number of rotatable bonds is 4. The van der Waals surface area contributed by atoms with E-state index in [9.17, 15) is 10.1 Å². The highest BCUT2D eigenvalue weighted by molar-refractivity contribution is 8.02. The number of nitrogens with zero attached hydrogens (tertiary/aromatic N) is 2. The normalized spacial score (nSPS) is 11.8. The Morgan fingerprint density at radius 2 is 2.27 bits per heavy atom. The smallest absolute Gasteiger partial charge is 0.265 e. The summed E-state index contributed by atoms with van der Waals surface area (Å²) in [6, 6.07) is 0. The highest BCUT2D eigenvalue weighted by Gasteiger charge is 2.00. The van der Waals surface area contributed by atoms with Crippen LogP contribution in [0.25, 0.3) is 0 Å². The zero-order valence-corrected chi connectivity index (χ0v) is 7.51. The summed E-state index contributed by atoms with van der Waals surface area (Å²) in [6.07, 6.45) is 2.70. The molecule has 0 aliphatic heterocycles. The van der Waals surface area contributed by atoms with Crippen molar-refractivity contribution in [2.24, 2.45) is 0 Å². The highest BCUT2D eigenvalue weighted by Crippen LogP contribution is 2.06. The molecule has 0 rings (SSSR count). The standard InChI is InChI=1S/C5H11N3O2S/c1-7(2)6-5(11-3)4-8(9)10/h4,6H,1-3H3/b5-4-. The van der Waals surface area contributed by atoms with Crippen molar-refractivity contribution in [3.05, 3.63) is 21.3 Å². The quantitative estimate of drug-likeness (QED) is 0.500. The van der Waals surface area contributed by atoms with Crippen LogP contribution in [0.4, 0.5) is 0 Å². The van der Waals surface area contributed by atoms with Crippen LogP contribution in [0.2, 0.25) is 0 Å². The Balaban J connectivity index is 4.05. The fraction of sp³-hybridized carbons (Fsp3) is 0.600. The minimum atomic E-state index is -0.484. The molecular formula is C5H11N3O2S. The minimum Gasteiger partial charge on any atom is -0.308 e. The van der Waals surface area contributed by atoms with E-state index in [0.717, 1.165) is 6.20 Å². The molecule has 0 radical (unpaired) electrons. The predicted molar refractivity (Wildman–Crippen MR) is 45.4 cm³/mol. The van der Waals surface area contributed by atoms with Crippen molar-refractivity contribution in [3.63, 3.8) is 0 Å². The molecule has 0 saturated heterocycles. The molecule has 0 unspecified atom stereocenters. The van der Waals surface area contributed by atoms with E-state index in [0.29, 0.717) is 5.03 Å². The SMILES string of the molecule is CS/C(=C\[N+](=O)[O-])NN(C)C. The van der Waals surface area contributed by atoms with Crippen molar-refractivity contribution in [3.8, 4) is 0 Å². The Bertz CT molecular complexity index is 169. The molecule has 0 spiro atoms. The van der Waals surface area contributed by atoms with E-state index < -0.39 is 4.92 Å². The van der Waals surface area contributed by atoms with Crippen molar-refractivity contribution in [1.82, 2.24) is 10.4 Å². The predicted octanol–water partition coefficient (Wildman–Crippen LogP) is 0.491. The van der Waals surface area contributed by atoms with Crippen molar-refractivity contribution in [1.29, 1.82) is 0 Å². The molecule has 0 heterocycles. The average molecular weight is 177 g/mol. The molecular weight excluding hydrogens is 166 g/mol. The maximum atomic E-state index is 10.0. The fourth-order valence-corrected chi connectivity index (χ4v) is 0.909. The Morgan fingerprint density at radius 1 is 1.73 bits per heavy atom. The van der Waals surface area contributed by atoms with Crippen LogP contribution in [-0.4, -0.2) is 30.3 Å². The van der Waals surface area contributed by atoms with Gasteiger partial charge in [0.25, 0.3) is 6.20 Å². The Kier molecular flexibility index (Phi) is 4.64. The zero-order valence-electron chi connectivity index (χ0n) is 6.70. The average Bonchev–Trinajstić information content (AvgIpc) is 1.84. The van der Waals surface area contributed by atoms with Gasteiger partial charge < -0.3 is 5.43 Å². The number of hydrogen-bond donors (Lipinski definition) is 1. The third kappa shape index (κ3) is 5.68. The van der Waals surface area contributed by atoms with Gasteiger partial charge in [-0.2, -0.15) is 0 Å². The van der Waals surface area contributed by atoms with Gasteiger partial charge in [0, 0.05) is 14.1 Å². The van der Waals surface area contributed by atoms with Gasteiger partial charge in [0.2, 0.25) is 0 Å². The van der Waals surface area contributed by atoms with Gasteiger partial charge in [-0.25, -0.2) is 5.01 Å². The second-order valence-corrected chi connectivity index (χ2v) is 2.84. The lowest BCUT2D eigenvalue weighted by atomic mass is 10.9. The van der Waals surface area contributed by atoms with Gasteiger partial charge in [0.05, 0.1) is 4.92 Å². The summed E-state index contributed by atoms with van der Waals surface area (Å²) in [5.41, 5.74) is 2.78. The van der Waals surface area contributed by atoms with Gasteiger partial charge in [0.1, 0.15) is 0 Å². The molecule has 0 saturated carbocycles. The zero-order chi connectivity index (χ0) is 8.85. The van der Waals surface area contributed by atoms with Crippen LogP contribution in [0.1, 0.15) is 0 Å². The van der Waals surface area contributed by atoms with Gasteiger partial charge in [-0.05, 0) is 6.26 Å². The third-order valence-corrected chi connectivity index (χ3v) is 1.41. The van der Waals surface area contributed by atoms with Gasteiger partial charge in [-0.15, -0.1) is 11.8 Å². The summed E-state index contributed by atoms with van der Waals surface area (Å²) >= 11 is 1.29. The van der Waals surface area contributed by atoms with E-state index in [2.05, 4.69) is 5.43 Å². The van der Waals surface area contributed by atoms with Crippen LogP contribution in [0.15, 0.2) is 11.2 Å². The summed E-state index contributed by atoms with van der Waals surface area (Å²) < 4.78 is 0. The Hall–Kier alpha value is -0.750. The summed E-state index contributed by atoms with van der Waals surface area (Å²) in [6.45, 7) is 0. The van der Waals surface area contributed by atoms with Gasteiger partial charge >= 0.3 is 0 Å². The third-order valence-electron chi connectivity index (χ3n) is 0.776. The molecule has 6 heteroatoms. The summed E-state index contributed by atoms with van der Waals surface area (Å²) in [4.78, 5) is 9.52. The maximum absolute atomic E-state index is 10.0. The molecule has 0 aliphatic rings. The first-order valence-electron chi connectivity index (χ1n) is 2.89. The lowest BCUT2D eigenvalue weighted by molar-refractivity contribution is -0.403. The van der Waals surface area contributed by atoms with Gasteiger partial charge in [0.15, 0.2) is 5.03 Å². The summed E-state index contributed by atoms with van der Waals surface area (Å²) in [7, 11) is 3.54. The number of hydrazine groups is 1. The molecule has 0 bridgehead atoms. The lowest BCUT2D eigenvalue weighted by Crippen LogP contribution is -2.28. The molecule has 1 N–H and O–H groups in total. The molecule has 0 aromatic heterocycles. The van der Waals surface area contributed by atoms with Crippen molar-refractivity contribution >= 4 is 11.8 Å². The van der Waals surface area contributed by atoms with E-state index in [1.807, 2.05) is 0 Å². The maximum Gasteiger partial charge on any atom is 0.265 e. The molecule has 11 heavy (non-hydrogen) atoms. The molecule has 0 aliphatic carbocycles. The summed E-state index contributed by atoms with van der Waals surface area (Å²) in [5.74, 6) is 0. The molecule has 0 fully saturated rings. The second-order valence-electron chi connectivity index (χ2n) is 1.99. The van der Waals surface area contributed by atoms with Gasteiger partial charge in [-0.3, -0.25) is 10.1 Å². The molecule has 0 atom stereocenters. The number of hydrogen-bond acceptors (Lipinski definition) is 5. The Morgan fingerprint density at radius 3 is 2.55 bits per heavy atom. The fourth-order valence-electron chi connectivity index (χ4n) is 0.443. The minimum absolute atomic E-state index is 0.484. The van der Waals surface area contributed by atoms with E-state index in [4.69, 9.17) is 0 Å². The molecule has 64 valence electrons. The van der Waals surface area contributed by atoms with Crippen LogP contribution in [0.3, 0.4) is 0 Å². The monoisotopic (exact) mass is 177 g/mol. The first-order valence-corrected chi connectivity index (χ1v) is 4.12. The highest BCUT2D eigenvalue weighted by atomic mass is 32.2. The van der Waals surface area contributed by atoms with Gasteiger partial charge in [-0.1, -0.05) is 0 Å². The van der Waals surface area contributed by atoms with Crippen LogP contribution < -0.4 is 5.43 Å². The van der Waals surface area contributed by atoms with Crippen molar-refractivity contribution in [2.75, 3.05) is 20.4 Å². The topological polar surface area (TPSA) is 58.4 Å². The van der Waals surface area contributed by atoms with E-state index in [1.54, 1.807) is 25.4 Å². The lowest BCUT2D eigenvalue weighted by Gasteiger charge is -2.12. The van der Waals surface area contributed by atoms with Crippen LogP contribution in [0.5, 0.6) is 0 Å². The van der Waals surface area contributed by atoms with Crippen LogP contribution in [-0.2, 0) is 0 Å². The number of nitro groups is 1. The van der Waals surface area contributed by atoms with Crippen molar-refractivity contribution in [2.45, 2.75) is 0 Å².